The van der Waals surface area contributed by atoms with E-state index in [1.54, 1.807) is 0 Å². The fourth-order valence-electron chi connectivity index (χ4n) is 5.65. The van der Waals surface area contributed by atoms with E-state index >= 15 is 0 Å². The third kappa shape index (κ3) is 2.89. The van der Waals surface area contributed by atoms with Gasteiger partial charge in [0.15, 0.2) is 0 Å². The van der Waals surface area contributed by atoms with Crippen molar-refractivity contribution in [2.45, 2.75) is 69.5 Å². The van der Waals surface area contributed by atoms with E-state index < -0.39 is 0 Å². The van der Waals surface area contributed by atoms with E-state index in [0.717, 1.165) is 69.7 Å². The van der Waals surface area contributed by atoms with Gasteiger partial charge in [-0.15, -0.1) is 0 Å². The molecule has 3 nitrogen and oxygen atoms in total. The zero-order chi connectivity index (χ0) is 14.3. The van der Waals surface area contributed by atoms with E-state index in [0.29, 0.717) is 5.92 Å². The molecule has 2 saturated heterocycles. The van der Waals surface area contributed by atoms with Crippen LogP contribution in [0.1, 0.15) is 57.8 Å². The lowest BCUT2D eigenvalue weighted by Gasteiger charge is -2.45. The molecule has 3 heteroatoms. The van der Waals surface area contributed by atoms with Crippen LogP contribution >= 0.6 is 0 Å². The minimum absolute atomic E-state index is 0.0246. The first kappa shape index (κ1) is 14.5. The molecule has 0 aromatic rings. The lowest BCUT2D eigenvalue weighted by atomic mass is 9.75. The topological polar surface area (TPSA) is 38.7 Å². The Morgan fingerprint density at radius 3 is 2.62 bits per heavy atom. The van der Waals surface area contributed by atoms with Crippen molar-refractivity contribution in [2.24, 2.45) is 23.7 Å². The zero-order valence-corrected chi connectivity index (χ0v) is 13.1. The quantitative estimate of drug-likeness (QED) is 0.869. The smallest absolute Gasteiger partial charge is 0.0730 e. The van der Waals surface area contributed by atoms with Gasteiger partial charge in [0.2, 0.25) is 0 Å². The normalized spacial score (nSPS) is 43.3. The zero-order valence-electron chi connectivity index (χ0n) is 13.1. The summed E-state index contributed by atoms with van der Waals surface area (Å²) in [4.78, 5) is 0. The van der Waals surface area contributed by atoms with Gasteiger partial charge >= 0.3 is 0 Å². The Morgan fingerprint density at radius 2 is 1.90 bits per heavy atom. The van der Waals surface area contributed by atoms with Gasteiger partial charge in [0, 0.05) is 19.8 Å². The van der Waals surface area contributed by atoms with Gasteiger partial charge in [-0.25, -0.2) is 0 Å². The first-order valence-corrected chi connectivity index (χ1v) is 9.14. The molecule has 0 radical (unpaired) electrons. The fraction of sp³-hybridized carbons (Fsp3) is 1.00. The van der Waals surface area contributed by atoms with Crippen LogP contribution in [0.2, 0.25) is 0 Å². The monoisotopic (exact) mass is 294 g/mol. The highest BCUT2D eigenvalue weighted by Gasteiger charge is 2.44. The molecule has 5 unspecified atom stereocenters. The maximum atomic E-state index is 10.8. The highest BCUT2D eigenvalue weighted by atomic mass is 16.5. The molecule has 0 amide bonds. The Labute approximate surface area is 128 Å². The summed E-state index contributed by atoms with van der Waals surface area (Å²) in [6.07, 6.45) is 10.8. The molecule has 4 aliphatic rings. The van der Waals surface area contributed by atoms with E-state index in [1.807, 2.05) is 0 Å². The fourth-order valence-corrected chi connectivity index (χ4v) is 5.65. The van der Waals surface area contributed by atoms with E-state index in [9.17, 15) is 5.11 Å². The van der Waals surface area contributed by atoms with Gasteiger partial charge in [0.25, 0.3) is 0 Å². The van der Waals surface area contributed by atoms with Crippen molar-refractivity contribution in [3.8, 4) is 0 Å². The predicted octanol–water partition coefficient (Wildman–Crippen LogP) is 3.15. The van der Waals surface area contributed by atoms with E-state index in [-0.39, 0.29) is 11.7 Å². The average Bonchev–Trinajstić information content (AvgIpc) is 3.11. The van der Waals surface area contributed by atoms with E-state index in [1.165, 1.54) is 25.7 Å². The molecular weight excluding hydrogens is 264 g/mol. The van der Waals surface area contributed by atoms with Crippen LogP contribution in [-0.2, 0) is 9.47 Å². The summed E-state index contributed by atoms with van der Waals surface area (Å²) in [5.41, 5.74) is 0.0246. The van der Waals surface area contributed by atoms with Crippen molar-refractivity contribution in [2.75, 3.05) is 19.8 Å². The molecule has 0 aromatic carbocycles. The minimum Gasteiger partial charge on any atom is -0.393 e. The number of aliphatic hydroxyl groups is 1. The summed E-state index contributed by atoms with van der Waals surface area (Å²) < 4.78 is 11.6. The Hall–Kier alpha value is -0.120. The lowest BCUT2D eigenvalue weighted by molar-refractivity contribution is -0.160. The highest BCUT2D eigenvalue weighted by Crippen LogP contribution is 2.50. The molecule has 5 atom stereocenters. The lowest BCUT2D eigenvalue weighted by Crippen LogP contribution is -2.47. The Morgan fingerprint density at radius 1 is 1.05 bits per heavy atom. The molecule has 2 heterocycles. The van der Waals surface area contributed by atoms with Crippen molar-refractivity contribution in [1.82, 2.24) is 0 Å². The number of fused-ring (bicyclic) bond motifs is 2. The molecule has 1 spiro atoms. The third-order valence-electron chi connectivity index (χ3n) is 6.91. The van der Waals surface area contributed by atoms with Gasteiger partial charge in [-0.1, -0.05) is 6.42 Å². The molecule has 1 N–H and O–H groups in total. The number of hydrogen-bond donors (Lipinski definition) is 1. The summed E-state index contributed by atoms with van der Waals surface area (Å²) in [5.74, 6) is 3.19. The van der Waals surface area contributed by atoms with E-state index in [4.69, 9.17) is 9.47 Å². The number of aliphatic hydroxyl groups excluding tert-OH is 1. The third-order valence-corrected chi connectivity index (χ3v) is 6.91. The maximum absolute atomic E-state index is 10.8. The van der Waals surface area contributed by atoms with Crippen molar-refractivity contribution in [1.29, 1.82) is 0 Å². The molecule has 4 fully saturated rings. The van der Waals surface area contributed by atoms with Crippen LogP contribution in [0, 0.1) is 23.7 Å². The molecule has 4 rings (SSSR count). The Bertz CT molecular complexity index is 358. The van der Waals surface area contributed by atoms with Crippen LogP contribution in [0.4, 0.5) is 0 Å². The summed E-state index contributed by atoms with van der Waals surface area (Å²) in [6, 6.07) is 0. The molecule has 2 bridgehead atoms. The standard InChI is InChI=1S/C18H30O3/c19-17(11-16-10-13-1-2-14(16)9-13)15-3-6-21-18(12-15)4-7-20-8-5-18/h13-17,19H,1-12H2. The Kier molecular flexibility index (Phi) is 4.01. The van der Waals surface area contributed by atoms with Crippen molar-refractivity contribution >= 4 is 0 Å². The van der Waals surface area contributed by atoms with Gasteiger partial charge in [0.1, 0.15) is 0 Å². The first-order chi connectivity index (χ1) is 10.2. The van der Waals surface area contributed by atoms with Gasteiger partial charge < -0.3 is 14.6 Å². The number of ether oxygens (including phenoxy) is 2. The Balaban J connectivity index is 1.34. The number of rotatable bonds is 3. The van der Waals surface area contributed by atoms with Crippen LogP contribution in [0.5, 0.6) is 0 Å². The van der Waals surface area contributed by atoms with Gasteiger partial charge in [-0.05, 0) is 75.0 Å². The second-order valence-corrected chi connectivity index (χ2v) is 8.13. The van der Waals surface area contributed by atoms with Crippen LogP contribution < -0.4 is 0 Å². The van der Waals surface area contributed by atoms with Crippen molar-refractivity contribution < 1.29 is 14.6 Å². The molecular formula is C18H30O3. The first-order valence-electron chi connectivity index (χ1n) is 9.14. The average molecular weight is 294 g/mol. The molecule has 2 saturated carbocycles. The van der Waals surface area contributed by atoms with E-state index in [2.05, 4.69) is 0 Å². The summed E-state index contributed by atoms with van der Waals surface area (Å²) in [7, 11) is 0. The molecule has 0 aromatic heterocycles. The summed E-state index contributed by atoms with van der Waals surface area (Å²) in [5, 5.41) is 10.8. The van der Waals surface area contributed by atoms with Crippen LogP contribution in [0.3, 0.4) is 0 Å². The predicted molar refractivity (Wildman–Crippen MR) is 81.0 cm³/mol. The second kappa shape index (κ2) is 5.82. The van der Waals surface area contributed by atoms with Crippen molar-refractivity contribution in [3.63, 3.8) is 0 Å². The minimum atomic E-state index is -0.0991. The molecule has 120 valence electrons. The highest BCUT2D eigenvalue weighted by molar-refractivity contribution is 4.94. The molecule has 2 aliphatic carbocycles. The van der Waals surface area contributed by atoms with Crippen LogP contribution in [-0.4, -0.2) is 36.6 Å². The molecule has 2 aliphatic heterocycles. The summed E-state index contributed by atoms with van der Waals surface area (Å²) >= 11 is 0. The van der Waals surface area contributed by atoms with Crippen molar-refractivity contribution in [3.05, 3.63) is 0 Å². The van der Waals surface area contributed by atoms with Gasteiger partial charge in [0.05, 0.1) is 11.7 Å². The van der Waals surface area contributed by atoms with Gasteiger partial charge in [-0.3, -0.25) is 0 Å². The van der Waals surface area contributed by atoms with Crippen LogP contribution in [0.25, 0.3) is 0 Å². The molecule has 21 heavy (non-hydrogen) atoms. The summed E-state index contributed by atoms with van der Waals surface area (Å²) in [6.45, 7) is 2.49. The second-order valence-electron chi connectivity index (χ2n) is 8.13. The van der Waals surface area contributed by atoms with Crippen LogP contribution in [0.15, 0.2) is 0 Å². The maximum Gasteiger partial charge on any atom is 0.0730 e. The van der Waals surface area contributed by atoms with Gasteiger partial charge in [-0.2, -0.15) is 0 Å². The largest absolute Gasteiger partial charge is 0.393 e. The SMILES string of the molecule is OC(CC1CC2CCC1C2)C1CCOC2(CCOCC2)C1. The number of hydrogen-bond acceptors (Lipinski definition) is 3.